The zero-order valence-corrected chi connectivity index (χ0v) is 37.4. The number of aryl methyl sites for hydroxylation is 4. The van der Waals surface area contributed by atoms with Crippen LogP contribution in [0.4, 0.5) is 0 Å². The highest BCUT2D eigenvalue weighted by Gasteiger charge is 2.13. The standard InChI is InChI=1S/C63H45N5/c64-39-48-9-6-14-54(36-48)61-30-23-44(41-66-61)19-21-46-33-47(22-20-45-24-31-62(67-42-45)55-15-7-10-49(37-55)40-65)35-58(34-46)60-18-5-4-17-59(60)57-29-32-63(68-43-57)56-16-8-13-53(38-56)52-27-25-51(26-28-52)50-11-2-1-3-12-50/h1-18,23-38,41-43H,19-22H2. The van der Waals surface area contributed by atoms with Crippen LogP contribution in [0.25, 0.3) is 78.3 Å². The quantitative estimate of drug-likeness (QED) is 0.115. The molecule has 3 aromatic heterocycles. The van der Waals surface area contributed by atoms with Crippen molar-refractivity contribution in [2.24, 2.45) is 0 Å². The number of hydrogen-bond acceptors (Lipinski definition) is 5. The normalized spacial score (nSPS) is 10.9. The molecule has 0 bridgehead atoms. The summed E-state index contributed by atoms with van der Waals surface area (Å²) in [5, 5.41) is 18.8. The minimum Gasteiger partial charge on any atom is -0.256 e. The Hall–Kier alpha value is -9.03. The van der Waals surface area contributed by atoms with E-state index in [1.54, 1.807) is 0 Å². The molecule has 0 radical (unpaired) electrons. The first-order chi connectivity index (χ1) is 33.5. The van der Waals surface area contributed by atoms with Gasteiger partial charge in [-0.3, -0.25) is 15.0 Å². The average Bonchev–Trinajstić information content (AvgIpc) is 3.42. The molecule has 322 valence electrons. The van der Waals surface area contributed by atoms with Crippen molar-refractivity contribution in [3.8, 4) is 90.4 Å². The summed E-state index contributed by atoms with van der Waals surface area (Å²) >= 11 is 0. The largest absolute Gasteiger partial charge is 0.256 e. The van der Waals surface area contributed by atoms with Crippen molar-refractivity contribution < 1.29 is 0 Å². The number of nitriles is 2. The Morgan fingerprint density at radius 2 is 0.691 bits per heavy atom. The topological polar surface area (TPSA) is 86.2 Å². The van der Waals surface area contributed by atoms with E-state index in [9.17, 15) is 10.5 Å². The minimum atomic E-state index is 0.623. The lowest BCUT2D eigenvalue weighted by molar-refractivity contribution is 0.923. The lowest BCUT2D eigenvalue weighted by atomic mass is 9.90. The molecule has 0 saturated carbocycles. The van der Waals surface area contributed by atoms with Crippen molar-refractivity contribution in [2.45, 2.75) is 25.7 Å². The van der Waals surface area contributed by atoms with E-state index in [2.05, 4.69) is 152 Å². The molecule has 0 saturated heterocycles. The first-order valence-corrected chi connectivity index (χ1v) is 22.9. The van der Waals surface area contributed by atoms with Gasteiger partial charge in [-0.1, -0.05) is 158 Å². The van der Waals surface area contributed by atoms with Crippen LogP contribution in [-0.2, 0) is 25.7 Å². The Morgan fingerprint density at radius 3 is 1.21 bits per heavy atom. The second kappa shape index (κ2) is 20.0. The molecular formula is C63H45N5. The van der Waals surface area contributed by atoms with Crippen molar-refractivity contribution in [1.82, 2.24) is 15.0 Å². The second-order valence-electron chi connectivity index (χ2n) is 17.0. The van der Waals surface area contributed by atoms with Crippen LogP contribution in [0.5, 0.6) is 0 Å². The van der Waals surface area contributed by atoms with Crippen molar-refractivity contribution >= 4 is 0 Å². The number of pyridine rings is 3. The third-order valence-electron chi connectivity index (χ3n) is 12.5. The maximum absolute atomic E-state index is 9.40. The summed E-state index contributed by atoms with van der Waals surface area (Å²) < 4.78 is 0. The average molecular weight is 872 g/mol. The molecule has 10 aromatic rings. The number of hydrogen-bond donors (Lipinski definition) is 0. The Bertz CT molecular complexity index is 3310. The van der Waals surface area contributed by atoms with Gasteiger partial charge in [-0.2, -0.15) is 10.5 Å². The molecule has 0 N–H and O–H groups in total. The highest BCUT2D eigenvalue weighted by Crippen LogP contribution is 2.35. The highest BCUT2D eigenvalue weighted by atomic mass is 14.7. The van der Waals surface area contributed by atoms with Gasteiger partial charge in [-0.25, -0.2) is 0 Å². The van der Waals surface area contributed by atoms with E-state index < -0.39 is 0 Å². The fourth-order valence-electron chi connectivity index (χ4n) is 8.82. The third kappa shape index (κ3) is 9.94. The molecule has 10 rings (SSSR count). The van der Waals surface area contributed by atoms with Gasteiger partial charge >= 0.3 is 0 Å². The summed E-state index contributed by atoms with van der Waals surface area (Å²) in [5.74, 6) is 0. The predicted octanol–water partition coefficient (Wildman–Crippen LogP) is 14.9. The monoisotopic (exact) mass is 871 g/mol. The van der Waals surface area contributed by atoms with E-state index in [1.807, 2.05) is 85.3 Å². The summed E-state index contributed by atoms with van der Waals surface area (Å²) in [6.45, 7) is 0. The molecule has 0 spiro atoms. The fourth-order valence-corrected chi connectivity index (χ4v) is 8.82. The van der Waals surface area contributed by atoms with Crippen LogP contribution in [0, 0.1) is 22.7 Å². The smallest absolute Gasteiger partial charge is 0.0991 e. The van der Waals surface area contributed by atoms with Gasteiger partial charge in [-0.05, 0) is 135 Å². The number of benzene rings is 7. The highest BCUT2D eigenvalue weighted by molar-refractivity contribution is 5.84. The molecule has 0 aliphatic heterocycles. The van der Waals surface area contributed by atoms with Crippen molar-refractivity contribution in [3.05, 3.63) is 258 Å². The van der Waals surface area contributed by atoms with Gasteiger partial charge in [0.05, 0.1) is 40.3 Å². The van der Waals surface area contributed by atoms with Crippen LogP contribution in [0.15, 0.2) is 225 Å². The summed E-state index contributed by atoms with van der Waals surface area (Å²) in [7, 11) is 0. The zero-order valence-electron chi connectivity index (χ0n) is 37.4. The van der Waals surface area contributed by atoms with Crippen molar-refractivity contribution in [1.29, 1.82) is 10.5 Å². The van der Waals surface area contributed by atoms with Gasteiger partial charge in [0.2, 0.25) is 0 Å². The SMILES string of the molecule is N#Cc1cccc(-c2ccc(CCc3cc(CCc4ccc(-c5cccc(C#N)c5)nc4)cc(-c4ccccc4-c4ccc(-c5cccc(-c6ccc(-c7ccccc7)cc6)c5)nc4)c3)cn2)c1. The molecule has 5 nitrogen and oxygen atoms in total. The first kappa shape index (κ1) is 42.9. The van der Waals surface area contributed by atoms with E-state index in [0.717, 1.165) is 92.8 Å². The third-order valence-corrected chi connectivity index (χ3v) is 12.5. The van der Waals surface area contributed by atoms with E-state index in [4.69, 9.17) is 15.0 Å². The van der Waals surface area contributed by atoms with E-state index >= 15 is 0 Å². The van der Waals surface area contributed by atoms with Crippen LogP contribution in [0.3, 0.4) is 0 Å². The molecule has 68 heavy (non-hydrogen) atoms. The Labute approximate surface area is 398 Å². The molecule has 0 aliphatic rings. The number of nitrogens with zero attached hydrogens (tertiary/aromatic N) is 5. The Morgan fingerprint density at radius 1 is 0.279 bits per heavy atom. The van der Waals surface area contributed by atoms with Crippen LogP contribution in [0.2, 0.25) is 0 Å². The van der Waals surface area contributed by atoms with Gasteiger partial charge < -0.3 is 0 Å². The molecular weight excluding hydrogens is 827 g/mol. The van der Waals surface area contributed by atoms with Gasteiger partial charge in [0.15, 0.2) is 0 Å². The Balaban J connectivity index is 0.911. The zero-order chi connectivity index (χ0) is 46.1. The molecule has 0 unspecified atom stereocenters. The molecule has 0 amide bonds. The molecule has 0 aliphatic carbocycles. The molecule has 3 heterocycles. The molecule has 7 aromatic carbocycles. The van der Waals surface area contributed by atoms with Crippen LogP contribution >= 0.6 is 0 Å². The second-order valence-corrected chi connectivity index (χ2v) is 17.0. The fraction of sp³-hybridized carbons (Fsp3) is 0.0635. The van der Waals surface area contributed by atoms with E-state index in [1.165, 1.54) is 33.4 Å². The van der Waals surface area contributed by atoms with E-state index in [-0.39, 0.29) is 0 Å². The van der Waals surface area contributed by atoms with Crippen molar-refractivity contribution in [3.63, 3.8) is 0 Å². The van der Waals surface area contributed by atoms with Gasteiger partial charge in [-0.15, -0.1) is 0 Å². The summed E-state index contributed by atoms with van der Waals surface area (Å²) in [6.07, 6.45) is 9.27. The summed E-state index contributed by atoms with van der Waals surface area (Å²) in [5.41, 5.74) is 20.9. The summed E-state index contributed by atoms with van der Waals surface area (Å²) in [4.78, 5) is 14.6. The van der Waals surface area contributed by atoms with Crippen LogP contribution in [0.1, 0.15) is 33.4 Å². The lowest BCUT2D eigenvalue weighted by Gasteiger charge is -2.15. The lowest BCUT2D eigenvalue weighted by Crippen LogP contribution is -1.99. The van der Waals surface area contributed by atoms with Gasteiger partial charge in [0, 0.05) is 40.8 Å². The van der Waals surface area contributed by atoms with E-state index in [0.29, 0.717) is 11.1 Å². The Kier molecular flexibility index (Phi) is 12.6. The van der Waals surface area contributed by atoms with Gasteiger partial charge in [0.25, 0.3) is 0 Å². The van der Waals surface area contributed by atoms with Gasteiger partial charge in [0.1, 0.15) is 0 Å². The number of aromatic nitrogens is 3. The van der Waals surface area contributed by atoms with Crippen molar-refractivity contribution in [2.75, 3.05) is 0 Å². The maximum atomic E-state index is 9.40. The molecule has 0 atom stereocenters. The minimum absolute atomic E-state index is 0.623. The van der Waals surface area contributed by atoms with Crippen LogP contribution in [-0.4, -0.2) is 15.0 Å². The number of rotatable bonds is 13. The first-order valence-electron chi connectivity index (χ1n) is 22.9. The molecule has 5 heteroatoms. The summed E-state index contributed by atoms with van der Waals surface area (Å²) in [6, 6.07) is 75.8. The molecule has 0 fully saturated rings. The maximum Gasteiger partial charge on any atom is 0.0991 e. The predicted molar refractivity (Wildman–Crippen MR) is 275 cm³/mol. The van der Waals surface area contributed by atoms with Crippen LogP contribution < -0.4 is 0 Å².